The number of piperazine rings is 1. The van der Waals surface area contributed by atoms with Crippen molar-refractivity contribution in [2.75, 3.05) is 31.1 Å². The highest BCUT2D eigenvalue weighted by molar-refractivity contribution is 9.10. The molecule has 0 aliphatic carbocycles. The molecule has 1 aromatic carbocycles. The van der Waals surface area contributed by atoms with Crippen LogP contribution in [-0.4, -0.2) is 62.6 Å². The molecule has 1 N–H and O–H groups in total. The van der Waals surface area contributed by atoms with Crippen molar-refractivity contribution in [3.8, 4) is 0 Å². The van der Waals surface area contributed by atoms with Crippen molar-refractivity contribution >= 4 is 62.1 Å². The van der Waals surface area contributed by atoms with Crippen molar-refractivity contribution in [3.05, 3.63) is 62.5 Å². The molecule has 3 aromatic rings. The lowest BCUT2D eigenvalue weighted by molar-refractivity contribution is -0.255. The molecule has 1 fully saturated rings. The van der Waals surface area contributed by atoms with E-state index in [2.05, 4.69) is 31.2 Å². The number of nitrogens with one attached hydrogen (secondary N) is 1. The van der Waals surface area contributed by atoms with Gasteiger partial charge in [-0.3, -0.25) is 14.9 Å². The van der Waals surface area contributed by atoms with Crippen LogP contribution in [0.5, 0.6) is 0 Å². The van der Waals surface area contributed by atoms with Gasteiger partial charge < -0.3 is 24.3 Å². The minimum absolute atomic E-state index is 0.127. The number of carbonyl (C=O) groups is 2. The summed E-state index contributed by atoms with van der Waals surface area (Å²) in [6, 6.07) is 7.11. The number of halogens is 1. The number of pyridine rings is 1. The summed E-state index contributed by atoms with van der Waals surface area (Å²) in [5, 5.41) is 14.5. The number of carboxylic acid groups (broad SMARTS) is 1. The average Bonchev–Trinajstić information content (AvgIpc) is 2.84. The molecule has 1 saturated heterocycles. The molecule has 0 radical (unpaired) electrons. The van der Waals surface area contributed by atoms with Crippen LogP contribution >= 0.6 is 28.1 Å². The number of aromatic carboxylic acids is 1. The standard InChI is InChI=1S/C22H21BrN6O4S/c1-2-27-12-15(20(32)33)17(30)14-11-24-21(25-18(14)27)28-7-9-29(10-8-28)22(34)26-19(31)13-5-3-4-6-16(13)23/h3-6,11-12H,2,7-10H2,1H3,(H,32,33)(H,26,31,34)/p-1. The molecule has 0 bridgehead atoms. The zero-order chi connectivity index (χ0) is 24.4. The first kappa shape index (κ1) is 23.8. The van der Waals surface area contributed by atoms with Crippen LogP contribution in [0, 0.1) is 0 Å². The van der Waals surface area contributed by atoms with Crippen molar-refractivity contribution in [2.45, 2.75) is 13.5 Å². The molecular formula is C22H20BrN6O4S-. The summed E-state index contributed by atoms with van der Waals surface area (Å²) in [6.07, 6.45) is 2.61. The molecule has 1 aliphatic heterocycles. The van der Waals surface area contributed by atoms with Crippen LogP contribution in [0.2, 0.25) is 0 Å². The molecule has 0 atom stereocenters. The number of carboxylic acids is 1. The largest absolute Gasteiger partial charge is 0.545 e. The van der Waals surface area contributed by atoms with E-state index < -0.39 is 17.0 Å². The summed E-state index contributed by atoms with van der Waals surface area (Å²) in [5.41, 5.74) is -0.224. The van der Waals surface area contributed by atoms with Crippen molar-refractivity contribution in [2.24, 2.45) is 0 Å². The second-order valence-corrected chi connectivity index (χ2v) is 8.81. The smallest absolute Gasteiger partial charge is 0.258 e. The van der Waals surface area contributed by atoms with E-state index in [0.29, 0.717) is 59.5 Å². The van der Waals surface area contributed by atoms with Crippen molar-refractivity contribution in [3.63, 3.8) is 0 Å². The second kappa shape index (κ2) is 9.85. The lowest BCUT2D eigenvalue weighted by atomic mass is 10.2. The monoisotopic (exact) mass is 543 g/mol. The van der Waals surface area contributed by atoms with E-state index in [1.807, 2.05) is 22.8 Å². The number of carbonyl (C=O) groups excluding carboxylic acids is 2. The maximum atomic E-state index is 12.5. The summed E-state index contributed by atoms with van der Waals surface area (Å²) < 4.78 is 2.28. The predicted octanol–water partition coefficient (Wildman–Crippen LogP) is 0.774. The van der Waals surface area contributed by atoms with E-state index in [0.717, 1.165) is 0 Å². The third-order valence-electron chi connectivity index (χ3n) is 5.55. The number of hydrogen-bond donors (Lipinski definition) is 1. The van der Waals surface area contributed by atoms with Gasteiger partial charge >= 0.3 is 0 Å². The number of nitrogens with zero attached hydrogens (tertiary/aromatic N) is 5. The van der Waals surface area contributed by atoms with Crippen molar-refractivity contribution in [1.82, 2.24) is 24.8 Å². The highest BCUT2D eigenvalue weighted by Crippen LogP contribution is 2.17. The van der Waals surface area contributed by atoms with Gasteiger partial charge in [0.1, 0.15) is 5.65 Å². The molecule has 3 heterocycles. The number of amides is 1. The van der Waals surface area contributed by atoms with E-state index in [9.17, 15) is 19.5 Å². The van der Waals surface area contributed by atoms with E-state index in [1.54, 1.807) is 22.8 Å². The number of aromatic nitrogens is 3. The Kier molecular flexibility index (Phi) is 6.89. The molecule has 12 heteroatoms. The molecule has 34 heavy (non-hydrogen) atoms. The lowest BCUT2D eigenvalue weighted by Gasteiger charge is -2.36. The average molecular weight is 544 g/mol. The minimum Gasteiger partial charge on any atom is -0.545 e. The number of rotatable bonds is 4. The normalized spacial score (nSPS) is 13.7. The fourth-order valence-corrected chi connectivity index (χ4v) is 4.44. The van der Waals surface area contributed by atoms with E-state index in [1.165, 1.54) is 12.4 Å². The Bertz CT molecular complexity index is 1350. The molecular weight excluding hydrogens is 524 g/mol. The third-order valence-corrected chi connectivity index (χ3v) is 6.60. The Balaban J connectivity index is 1.47. The number of aryl methyl sites for hydroxylation is 1. The van der Waals surface area contributed by atoms with Crippen molar-refractivity contribution in [1.29, 1.82) is 0 Å². The fourth-order valence-electron chi connectivity index (χ4n) is 3.70. The Morgan fingerprint density at radius 3 is 2.53 bits per heavy atom. The Labute approximate surface area is 208 Å². The lowest BCUT2D eigenvalue weighted by Crippen LogP contribution is -2.53. The molecule has 1 amide bonds. The van der Waals surface area contributed by atoms with Gasteiger partial charge in [0.15, 0.2) is 5.11 Å². The Morgan fingerprint density at radius 1 is 1.18 bits per heavy atom. The summed E-state index contributed by atoms with van der Waals surface area (Å²) in [6.45, 7) is 4.43. The number of fused-ring (bicyclic) bond motifs is 1. The number of hydrogen-bond acceptors (Lipinski definition) is 8. The van der Waals surface area contributed by atoms with Gasteiger partial charge in [0.2, 0.25) is 11.4 Å². The first-order valence-corrected chi connectivity index (χ1v) is 11.7. The van der Waals surface area contributed by atoms with Crippen LogP contribution in [0.1, 0.15) is 27.6 Å². The third kappa shape index (κ3) is 4.64. The summed E-state index contributed by atoms with van der Waals surface area (Å²) in [5.74, 6) is -1.39. The zero-order valence-electron chi connectivity index (χ0n) is 18.2. The van der Waals surface area contributed by atoms with Gasteiger partial charge in [-0.15, -0.1) is 0 Å². The number of thiocarbonyl (C=S) groups is 1. The SMILES string of the molecule is CCn1cc(C(=O)[O-])c(=O)c2cnc(N3CCN(C(=S)NC(=O)c4ccccc4Br)CC3)nc21. The molecule has 10 nitrogen and oxygen atoms in total. The summed E-state index contributed by atoms with van der Waals surface area (Å²) in [7, 11) is 0. The van der Waals surface area contributed by atoms with Gasteiger partial charge in [-0.2, -0.15) is 4.98 Å². The summed E-state index contributed by atoms with van der Waals surface area (Å²) >= 11 is 8.80. The molecule has 176 valence electrons. The topological polar surface area (TPSA) is 123 Å². The quantitative estimate of drug-likeness (QED) is 0.475. The van der Waals surface area contributed by atoms with Crippen LogP contribution in [0.15, 0.2) is 45.9 Å². The molecule has 1 aliphatic rings. The predicted molar refractivity (Wildman–Crippen MR) is 132 cm³/mol. The first-order valence-electron chi connectivity index (χ1n) is 10.5. The highest BCUT2D eigenvalue weighted by Gasteiger charge is 2.23. The van der Waals surface area contributed by atoms with Gasteiger partial charge in [0.25, 0.3) is 5.91 Å². The van der Waals surface area contributed by atoms with Crippen LogP contribution in [0.4, 0.5) is 5.95 Å². The van der Waals surface area contributed by atoms with Crippen LogP contribution in [0.25, 0.3) is 11.0 Å². The number of anilines is 1. The van der Waals surface area contributed by atoms with Crippen LogP contribution in [-0.2, 0) is 6.54 Å². The first-order chi connectivity index (χ1) is 16.3. The molecule has 0 unspecified atom stereocenters. The summed E-state index contributed by atoms with van der Waals surface area (Å²) in [4.78, 5) is 49.0. The van der Waals surface area contributed by atoms with Crippen LogP contribution in [0.3, 0.4) is 0 Å². The number of benzene rings is 1. The fraction of sp³-hybridized carbons (Fsp3) is 0.273. The minimum atomic E-state index is -1.53. The Hall–Kier alpha value is -3.38. The molecule has 0 saturated carbocycles. The van der Waals surface area contributed by atoms with Gasteiger partial charge in [0.05, 0.1) is 22.5 Å². The highest BCUT2D eigenvalue weighted by atomic mass is 79.9. The maximum Gasteiger partial charge on any atom is 0.258 e. The second-order valence-electron chi connectivity index (χ2n) is 7.57. The van der Waals surface area contributed by atoms with Gasteiger partial charge in [-0.25, -0.2) is 4.98 Å². The van der Waals surface area contributed by atoms with Gasteiger partial charge in [-0.05, 0) is 47.2 Å². The van der Waals surface area contributed by atoms with E-state index in [-0.39, 0.29) is 11.3 Å². The van der Waals surface area contributed by atoms with Crippen molar-refractivity contribution < 1.29 is 14.7 Å². The van der Waals surface area contributed by atoms with E-state index >= 15 is 0 Å². The van der Waals surface area contributed by atoms with E-state index in [4.69, 9.17) is 12.2 Å². The molecule has 4 rings (SSSR count). The van der Waals surface area contributed by atoms with Crippen LogP contribution < -0.4 is 20.8 Å². The maximum absolute atomic E-state index is 12.5. The molecule has 0 spiro atoms. The van der Waals surface area contributed by atoms with Gasteiger partial charge in [-0.1, -0.05) is 12.1 Å². The molecule has 2 aromatic heterocycles. The zero-order valence-corrected chi connectivity index (χ0v) is 20.6. The van der Waals surface area contributed by atoms with Gasteiger partial charge in [0, 0.05) is 49.6 Å². The Morgan fingerprint density at radius 2 is 1.88 bits per heavy atom.